The molecule has 4 heteroatoms. The summed E-state index contributed by atoms with van der Waals surface area (Å²) in [6.45, 7) is 5.21. The van der Waals surface area contributed by atoms with Crippen molar-refractivity contribution in [3.8, 4) is 0 Å². The Morgan fingerprint density at radius 3 is 3.12 bits per heavy atom. The largest absolute Gasteiger partial charge is 0.372 e. The van der Waals surface area contributed by atoms with Gasteiger partial charge in [-0.2, -0.15) is 0 Å². The molecule has 0 bridgehead atoms. The van der Waals surface area contributed by atoms with Crippen molar-refractivity contribution >= 4 is 0 Å². The maximum atomic E-state index is 5.98. The van der Waals surface area contributed by atoms with Crippen molar-refractivity contribution in [2.45, 2.75) is 25.2 Å². The summed E-state index contributed by atoms with van der Waals surface area (Å²) in [4.78, 5) is 6.56. The Morgan fingerprint density at radius 2 is 2.29 bits per heavy atom. The van der Waals surface area contributed by atoms with E-state index in [-0.39, 0.29) is 0 Å². The van der Waals surface area contributed by atoms with Crippen LogP contribution in [0.25, 0.3) is 0 Å². The third-order valence-electron chi connectivity index (χ3n) is 3.68. The van der Waals surface area contributed by atoms with Crippen LogP contribution in [0, 0.1) is 0 Å². The predicted molar refractivity (Wildman–Crippen MR) is 65.7 cm³/mol. The fourth-order valence-electron chi connectivity index (χ4n) is 2.73. The molecule has 3 rings (SSSR count). The summed E-state index contributed by atoms with van der Waals surface area (Å²) in [6.07, 6.45) is 5.20. The Morgan fingerprint density at radius 1 is 1.41 bits per heavy atom. The van der Waals surface area contributed by atoms with Crippen LogP contribution in [0.2, 0.25) is 0 Å². The molecule has 2 aliphatic rings. The fraction of sp³-hybridized carbons (Fsp3) is 0.615. The van der Waals surface area contributed by atoms with E-state index in [9.17, 15) is 0 Å². The van der Waals surface area contributed by atoms with E-state index in [2.05, 4.69) is 15.2 Å². The Kier molecular flexibility index (Phi) is 3.36. The normalized spacial score (nSPS) is 29.2. The van der Waals surface area contributed by atoms with Crippen LogP contribution in [-0.4, -0.2) is 48.2 Å². The highest BCUT2D eigenvalue weighted by molar-refractivity contribution is 5.08. The highest BCUT2D eigenvalue weighted by Gasteiger charge is 2.33. The number of hydrogen-bond donors (Lipinski definition) is 1. The van der Waals surface area contributed by atoms with Crippen LogP contribution < -0.4 is 5.32 Å². The monoisotopic (exact) mass is 233 g/mol. The number of ether oxygens (including phenoxy) is 1. The number of nitrogens with one attached hydrogen (secondary N) is 1. The molecule has 2 atom stereocenters. The molecular formula is C13H19N3O. The zero-order valence-electron chi connectivity index (χ0n) is 10.0. The number of hydrogen-bond acceptors (Lipinski definition) is 4. The van der Waals surface area contributed by atoms with E-state index < -0.39 is 0 Å². The Bertz CT molecular complexity index is 343. The number of nitrogens with zero attached hydrogens (tertiary/aromatic N) is 2. The van der Waals surface area contributed by atoms with Crippen LogP contribution in [-0.2, 0) is 11.3 Å². The molecule has 2 saturated heterocycles. The van der Waals surface area contributed by atoms with E-state index >= 15 is 0 Å². The summed E-state index contributed by atoms with van der Waals surface area (Å²) in [5.74, 6) is 0. The number of fused-ring (bicyclic) bond motifs is 1. The van der Waals surface area contributed by atoms with Crippen molar-refractivity contribution in [3.63, 3.8) is 0 Å². The van der Waals surface area contributed by atoms with Gasteiger partial charge >= 0.3 is 0 Å². The lowest BCUT2D eigenvalue weighted by atomic mass is 10.2. The van der Waals surface area contributed by atoms with E-state index in [1.54, 1.807) is 0 Å². The minimum atomic E-state index is 0.396. The molecule has 17 heavy (non-hydrogen) atoms. The first-order valence-electron chi connectivity index (χ1n) is 6.37. The van der Waals surface area contributed by atoms with Crippen LogP contribution in [0.15, 0.2) is 24.5 Å². The highest BCUT2D eigenvalue weighted by Crippen LogP contribution is 2.22. The molecule has 1 aromatic rings. The molecule has 1 aromatic heterocycles. The van der Waals surface area contributed by atoms with Gasteiger partial charge in [0.15, 0.2) is 0 Å². The third-order valence-corrected chi connectivity index (χ3v) is 3.68. The summed E-state index contributed by atoms with van der Waals surface area (Å²) in [6, 6.07) is 4.72. The van der Waals surface area contributed by atoms with E-state index in [1.165, 1.54) is 12.1 Å². The first-order chi connectivity index (χ1) is 8.42. The maximum Gasteiger partial charge on any atom is 0.0722 e. The van der Waals surface area contributed by atoms with Gasteiger partial charge in [-0.1, -0.05) is 0 Å². The van der Waals surface area contributed by atoms with Crippen LogP contribution >= 0.6 is 0 Å². The van der Waals surface area contributed by atoms with Gasteiger partial charge in [0.1, 0.15) is 0 Å². The van der Waals surface area contributed by atoms with Crippen molar-refractivity contribution in [2.75, 3.05) is 26.2 Å². The smallest absolute Gasteiger partial charge is 0.0722 e. The van der Waals surface area contributed by atoms with Gasteiger partial charge in [-0.05, 0) is 24.1 Å². The van der Waals surface area contributed by atoms with Gasteiger partial charge in [-0.3, -0.25) is 9.88 Å². The molecule has 2 unspecified atom stereocenters. The Labute approximate surface area is 102 Å². The molecule has 0 radical (unpaired) electrons. The van der Waals surface area contributed by atoms with Gasteiger partial charge in [-0.25, -0.2) is 0 Å². The molecule has 4 nitrogen and oxygen atoms in total. The van der Waals surface area contributed by atoms with Crippen LogP contribution in [0.1, 0.15) is 12.0 Å². The molecule has 0 saturated carbocycles. The molecule has 0 aliphatic carbocycles. The summed E-state index contributed by atoms with van der Waals surface area (Å²) < 4.78 is 5.98. The molecule has 0 amide bonds. The average Bonchev–Trinajstić information content (AvgIpc) is 2.80. The SMILES string of the molecule is c1cc(COC2CC3CNCCN3C2)ccn1. The second-order valence-electron chi connectivity index (χ2n) is 4.88. The molecule has 0 aromatic carbocycles. The summed E-state index contributed by atoms with van der Waals surface area (Å²) in [5, 5.41) is 3.45. The molecule has 92 valence electrons. The van der Waals surface area contributed by atoms with Gasteiger partial charge in [0.25, 0.3) is 0 Å². The third kappa shape index (κ3) is 2.65. The first-order valence-corrected chi connectivity index (χ1v) is 6.37. The zero-order chi connectivity index (χ0) is 11.5. The van der Waals surface area contributed by atoms with E-state index in [4.69, 9.17) is 4.74 Å². The van der Waals surface area contributed by atoms with Gasteiger partial charge in [0, 0.05) is 44.6 Å². The quantitative estimate of drug-likeness (QED) is 0.831. The number of pyridine rings is 1. The second kappa shape index (κ2) is 5.12. The molecule has 2 fully saturated rings. The van der Waals surface area contributed by atoms with Gasteiger partial charge in [-0.15, -0.1) is 0 Å². The number of aromatic nitrogens is 1. The summed E-state index contributed by atoms with van der Waals surface area (Å²) >= 11 is 0. The average molecular weight is 233 g/mol. The molecule has 2 aliphatic heterocycles. The number of piperazine rings is 1. The standard InChI is InChI=1S/C13H19N3O/c1-3-14-4-2-11(1)10-17-13-7-12-8-15-5-6-16(12)9-13/h1-4,12-13,15H,5-10H2. The Hall–Kier alpha value is -0.970. The van der Waals surface area contributed by atoms with Crippen molar-refractivity contribution in [1.82, 2.24) is 15.2 Å². The Balaban J connectivity index is 1.50. The van der Waals surface area contributed by atoms with E-state index in [1.807, 2.05) is 24.5 Å². The molecular weight excluding hydrogens is 214 g/mol. The predicted octanol–water partition coefficient (Wildman–Crippen LogP) is 0.644. The molecule has 0 spiro atoms. The van der Waals surface area contributed by atoms with Crippen LogP contribution in [0.3, 0.4) is 0 Å². The van der Waals surface area contributed by atoms with Crippen molar-refractivity contribution < 1.29 is 4.74 Å². The first kappa shape index (κ1) is 11.1. The molecule has 1 N–H and O–H groups in total. The second-order valence-corrected chi connectivity index (χ2v) is 4.88. The molecule has 3 heterocycles. The summed E-state index contributed by atoms with van der Waals surface area (Å²) in [7, 11) is 0. The lowest BCUT2D eigenvalue weighted by Crippen LogP contribution is -2.47. The van der Waals surface area contributed by atoms with Crippen molar-refractivity contribution in [2.24, 2.45) is 0 Å². The number of rotatable bonds is 3. The van der Waals surface area contributed by atoms with Gasteiger partial charge in [0.05, 0.1) is 12.7 Å². The fourth-order valence-corrected chi connectivity index (χ4v) is 2.73. The van der Waals surface area contributed by atoms with Gasteiger partial charge in [0.2, 0.25) is 0 Å². The van der Waals surface area contributed by atoms with Gasteiger partial charge < -0.3 is 10.1 Å². The van der Waals surface area contributed by atoms with E-state index in [0.717, 1.165) is 26.1 Å². The zero-order valence-corrected chi connectivity index (χ0v) is 10.0. The van der Waals surface area contributed by atoms with Crippen LogP contribution in [0.4, 0.5) is 0 Å². The lowest BCUT2D eigenvalue weighted by molar-refractivity contribution is 0.0468. The van der Waals surface area contributed by atoms with E-state index in [0.29, 0.717) is 18.8 Å². The summed E-state index contributed by atoms with van der Waals surface area (Å²) in [5.41, 5.74) is 1.21. The minimum Gasteiger partial charge on any atom is -0.372 e. The van der Waals surface area contributed by atoms with Crippen LogP contribution in [0.5, 0.6) is 0 Å². The van der Waals surface area contributed by atoms with Crippen molar-refractivity contribution in [3.05, 3.63) is 30.1 Å². The topological polar surface area (TPSA) is 37.4 Å². The lowest BCUT2D eigenvalue weighted by Gasteiger charge is -2.29. The van der Waals surface area contributed by atoms with Crippen molar-refractivity contribution in [1.29, 1.82) is 0 Å². The highest BCUT2D eigenvalue weighted by atomic mass is 16.5. The minimum absolute atomic E-state index is 0.396. The maximum absolute atomic E-state index is 5.98.